The summed E-state index contributed by atoms with van der Waals surface area (Å²) in [4.78, 5) is 23.4. The van der Waals surface area contributed by atoms with E-state index in [-0.39, 0.29) is 5.91 Å². The van der Waals surface area contributed by atoms with Crippen LogP contribution in [-0.4, -0.2) is 41.5 Å². The molecule has 2 aromatic carbocycles. The summed E-state index contributed by atoms with van der Waals surface area (Å²) in [5, 5.41) is 3.12. The van der Waals surface area contributed by atoms with Crippen LogP contribution in [0.2, 0.25) is 0 Å². The minimum absolute atomic E-state index is 0.0998. The molecule has 0 spiro atoms. The lowest BCUT2D eigenvalue weighted by Crippen LogP contribution is -2.36. The number of methoxy groups -OCH3 is 2. The molecule has 0 aliphatic carbocycles. The molecule has 1 aliphatic rings. The quantitative estimate of drug-likeness (QED) is 0.719. The highest BCUT2D eigenvalue weighted by Crippen LogP contribution is 2.30. The molecule has 2 heterocycles. The van der Waals surface area contributed by atoms with Crippen molar-refractivity contribution in [2.45, 2.75) is 13.0 Å². The van der Waals surface area contributed by atoms with Crippen molar-refractivity contribution in [3.8, 4) is 11.5 Å². The molecule has 0 bridgehead atoms. The zero-order chi connectivity index (χ0) is 20.2. The predicted molar refractivity (Wildman–Crippen MR) is 110 cm³/mol. The first-order valence-corrected chi connectivity index (χ1v) is 9.36. The number of carbonyl (C=O) groups excluding carboxylic acids is 1. The van der Waals surface area contributed by atoms with E-state index in [0.29, 0.717) is 36.2 Å². The number of benzene rings is 2. The lowest BCUT2D eigenvalue weighted by Gasteiger charge is -2.28. The van der Waals surface area contributed by atoms with Crippen molar-refractivity contribution in [2.24, 2.45) is 0 Å². The van der Waals surface area contributed by atoms with E-state index in [1.807, 2.05) is 23.1 Å². The van der Waals surface area contributed by atoms with Gasteiger partial charge in [0.15, 0.2) is 11.5 Å². The minimum atomic E-state index is -0.0998. The third-order valence-corrected chi connectivity index (χ3v) is 4.93. The summed E-state index contributed by atoms with van der Waals surface area (Å²) < 4.78 is 10.6. The van der Waals surface area contributed by atoms with Crippen molar-refractivity contribution in [3.63, 3.8) is 0 Å². The Hall–Kier alpha value is -3.61. The number of amides is 1. The Morgan fingerprint density at radius 1 is 1.03 bits per heavy atom. The lowest BCUT2D eigenvalue weighted by atomic mass is 10.00. The van der Waals surface area contributed by atoms with E-state index in [1.165, 1.54) is 11.1 Å². The average Bonchev–Trinajstić information content (AvgIpc) is 2.78. The maximum absolute atomic E-state index is 13.0. The number of nitrogens with one attached hydrogen (secondary N) is 1. The summed E-state index contributed by atoms with van der Waals surface area (Å²) in [5.74, 6) is 1.47. The SMILES string of the molecule is COc1ccc(Nc2nccc(C(=O)N3CCc4ccccc4C3)n2)cc1OC. The van der Waals surface area contributed by atoms with Crippen molar-refractivity contribution in [1.82, 2.24) is 14.9 Å². The predicted octanol–water partition coefficient (Wildman–Crippen LogP) is 3.44. The number of carbonyl (C=O) groups is 1. The van der Waals surface area contributed by atoms with Gasteiger partial charge in [-0.05, 0) is 35.7 Å². The van der Waals surface area contributed by atoms with Crippen molar-refractivity contribution >= 4 is 17.5 Å². The smallest absolute Gasteiger partial charge is 0.272 e. The van der Waals surface area contributed by atoms with Gasteiger partial charge >= 0.3 is 0 Å². The van der Waals surface area contributed by atoms with E-state index in [2.05, 4.69) is 27.4 Å². The molecule has 3 aromatic rings. The molecule has 7 heteroatoms. The molecule has 1 N–H and O–H groups in total. The van der Waals surface area contributed by atoms with Crippen LogP contribution in [0.4, 0.5) is 11.6 Å². The molecule has 1 aliphatic heterocycles. The van der Waals surface area contributed by atoms with Gasteiger partial charge in [0.25, 0.3) is 5.91 Å². The largest absolute Gasteiger partial charge is 0.493 e. The second kappa shape index (κ2) is 8.18. The van der Waals surface area contributed by atoms with Crippen molar-refractivity contribution in [1.29, 1.82) is 0 Å². The zero-order valence-corrected chi connectivity index (χ0v) is 16.4. The maximum Gasteiger partial charge on any atom is 0.272 e. The molecular formula is C22H22N4O3. The molecule has 4 rings (SSSR count). The molecule has 0 fully saturated rings. The van der Waals surface area contributed by atoms with E-state index in [0.717, 1.165) is 12.1 Å². The first kappa shape index (κ1) is 18.7. The van der Waals surface area contributed by atoms with Crippen LogP contribution in [0.25, 0.3) is 0 Å². The van der Waals surface area contributed by atoms with Gasteiger partial charge in [-0.3, -0.25) is 4.79 Å². The first-order chi connectivity index (χ1) is 14.2. The van der Waals surface area contributed by atoms with Gasteiger partial charge in [0, 0.05) is 31.0 Å². The Morgan fingerprint density at radius 2 is 1.83 bits per heavy atom. The maximum atomic E-state index is 13.0. The monoisotopic (exact) mass is 390 g/mol. The highest BCUT2D eigenvalue weighted by atomic mass is 16.5. The van der Waals surface area contributed by atoms with Crippen molar-refractivity contribution < 1.29 is 14.3 Å². The molecule has 0 unspecified atom stereocenters. The van der Waals surface area contributed by atoms with E-state index in [1.54, 1.807) is 38.6 Å². The zero-order valence-electron chi connectivity index (χ0n) is 16.4. The normalized spacial score (nSPS) is 12.8. The van der Waals surface area contributed by atoms with Crippen LogP contribution in [0.1, 0.15) is 21.6 Å². The van der Waals surface area contributed by atoms with Gasteiger partial charge in [-0.15, -0.1) is 0 Å². The Morgan fingerprint density at radius 3 is 2.62 bits per heavy atom. The molecule has 0 atom stereocenters. The highest BCUT2D eigenvalue weighted by molar-refractivity contribution is 5.92. The second-order valence-electron chi connectivity index (χ2n) is 6.71. The number of anilines is 2. The summed E-state index contributed by atoms with van der Waals surface area (Å²) in [6.07, 6.45) is 2.44. The summed E-state index contributed by atoms with van der Waals surface area (Å²) >= 11 is 0. The lowest BCUT2D eigenvalue weighted by molar-refractivity contribution is 0.0728. The van der Waals surface area contributed by atoms with Gasteiger partial charge in [-0.2, -0.15) is 0 Å². The fourth-order valence-electron chi connectivity index (χ4n) is 3.41. The van der Waals surface area contributed by atoms with Crippen LogP contribution in [0.5, 0.6) is 11.5 Å². The van der Waals surface area contributed by atoms with Gasteiger partial charge in [-0.25, -0.2) is 9.97 Å². The van der Waals surface area contributed by atoms with Gasteiger partial charge in [-0.1, -0.05) is 24.3 Å². The number of aromatic nitrogens is 2. The number of hydrogen-bond acceptors (Lipinski definition) is 6. The molecular weight excluding hydrogens is 368 g/mol. The Kier molecular flexibility index (Phi) is 5.29. The van der Waals surface area contributed by atoms with Crippen LogP contribution in [0, 0.1) is 0 Å². The molecule has 1 aromatic heterocycles. The second-order valence-corrected chi connectivity index (χ2v) is 6.71. The van der Waals surface area contributed by atoms with Crippen molar-refractivity contribution in [3.05, 3.63) is 71.5 Å². The summed E-state index contributed by atoms with van der Waals surface area (Å²) in [6.45, 7) is 1.27. The van der Waals surface area contributed by atoms with E-state index in [9.17, 15) is 4.79 Å². The summed E-state index contributed by atoms with van der Waals surface area (Å²) in [6, 6.07) is 15.3. The summed E-state index contributed by atoms with van der Waals surface area (Å²) in [5.41, 5.74) is 3.58. The highest BCUT2D eigenvalue weighted by Gasteiger charge is 2.22. The molecule has 7 nitrogen and oxygen atoms in total. The minimum Gasteiger partial charge on any atom is -0.493 e. The molecule has 148 valence electrons. The molecule has 0 saturated carbocycles. The number of ether oxygens (including phenoxy) is 2. The van der Waals surface area contributed by atoms with E-state index in [4.69, 9.17) is 9.47 Å². The van der Waals surface area contributed by atoms with Crippen molar-refractivity contribution in [2.75, 3.05) is 26.1 Å². The fraction of sp³-hybridized carbons (Fsp3) is 0.227. The number of hydrogen-bond donors (Lipinski definition) is 1. The van der Waals surface area contributed by atoms with E-state index >= 15 is 0 Å². The van der Waals surface area contributed by atoms with Gasteiger partial charge in [0.1, 0.15) is 5.69 Å². The Bertz CT molecular complexity index is 1040. The van der Waals surface area contributed by atoms with Gasteiger partial charge in [0.2, 0.25) is 5.95 Å². The van der Waals surface area contributed by atoms with Gasteiger partial charge in [0.05, 0.1) is 14.2 Å². The van der Waals surface area contributed by atoms with Gasteiger partial charge < -0.3 is 19.7 Å². The Labute approximate surface area is 169 Å². The van der Waals surface area contributed by atoms with E-state index < -0.39 is 0 Å². The van der Waals surface area contributed by atoms with Crippen LogP contribution in [-0.2, 0) is 13.0 Å². The van der Waals surface area contributed by atoms with Crippen LogP contribution in [0.3, 0.4) is 0 Å². The third kappa shape index (κ3) is 3.99. The molecule has 29 heavy (non-hydrogen) atoms. The van der Waals surface area contributed by atoms with Crippen LogP contribution < -0.4 is 14.8 Å². The summed E-state index contributed by atoms with van der Waals surface area (Å²) in [7, 11) is 3.16. The first-order valence-electron chi connectivity index (χ1n) is 9.36. The standard InChI is InChI=1S/C22H22N4O3/c1-28-19-8-7-17(13-20(19)29-2)24-22-23-11-9-18(25-22)21(27)26-12-10-15-5-3-4-6-16(15)14-26/h3-9,11,13H,10,12,14H2,1-2H3,(H,23,24,25). The van der Waals surface area contributed by atoms with Crippen LogP contribution >= 0.6 is 0 Å². The van der Waals surface area contributed by atoms with Crippen LogP contribution in [0.15, 0.2) is 54.7 Å². The topological polar surface area (TPSA) is 76.6 Å². The Balaban J connectivity index is 1.51. The number of nitrogens with zero attached hydrogens (tertiary/aromatic N) is 3. The molecule has 1 amide bonds. The number of rotatable bonds is 5. The third-order valence-electron chi connectivity index (χ3n) is 4.93. The molecule has 0 radical (unpaired) electrons. The molecule has 0 saturated heterocycles. The average molecular weight is 390 g/mol. The number of fused-ring (bicyclic) bond motifs is 1. The fourth-order valence-corrected chi connectivity index (χ4v) is 3.41.